The van der Waals surface area contributed by atoms with Gasteiger partial charge in [0.05, 0.1) is 5.56 Å². The number of hydrogen-bond donors (Lipinski definition) is 2. The van der Waals surface area contributed by atoms with E-state index in [2.05, 4.69) is 15.5 Å². The smallest absolute Gasteiger partial charge is 0.253 e. The van der Waals surface area contributed by atoms with E-state index in [0.29, 0.717) is 12.1 Å². The Morgan fingerprint density at radius 3 is 2.95 bits per heavy atom. The van der Waals surface area contributed by atoms with Crippen LogP contribution in [0.2, 0.25) is 0 Å². The highest BCUT2D eigenvalue weighted by molar-refractivity contribution is 5.99. The minimum absolute atomic E-state index is 0.0476. The Hall–Kier alpha value is -1.55. The Labute approximate surface area is 120 Å². The number of carbonyl (C=O) groups is 1. The molecule has 1 aromatic carbocycles. The van der Waals surface area contributed by atoms with Crippen LogP contribution in [0, 0.1) is 0 Å². The predicted molar refractivity (Wildman–Crippen MR) is 81.1 cm³/mol. The summed E-state index contributed by atoms with van der Waals surface area (Å²) in [6, 6.07) is 8.69. The van der Waals surface area contributed by atoms with E-state index < -0.39 is 0 Å². The van der Waals surface area contributed by atoms with E-state index in [0.717, 1.165) is 30.6 Å². The highest BCUT2D eigenvalue weighted by Crippen LogP contribution is 2.27. The van der Waals surface area contributed by atoms with Gasteiger partial charge in [-0.15, -0.1) is 0 Å². The number of nitrogens with zero attached hydrogens (tertiary/aromatic N) is 1. The Balaban J connectivity index is 1.64. The van der Waals surface area contributed by atoms with Crippen molar-refractivity contribution >= 4 is 11.6 Å². The van der Waals surface area contributed by atoms with Crippen LogP contribution in [-0.2, 0) is 0 Å². The lowest BCUT2D eigenvalue weighted by Crippen LogP contribution is -2.47. The molecule has 0 bridgehead atoms. The van der Waals surface area contributed by atoms with Gasteiger partial charge in [-0.3, -0.25) is 4.79 Å². The third-order valence-corrected chi connectivity index (χ3v) is 4.60. The molecule has 2 unspecified atom stereocenters. The number of fused-ring (bicyclic) bond motifs is 1. The second kappa shape index (κ2) is 5.83. The van der Waals surface area contributed by atoms with Gasteiger partial charge in [-0.25, -0.2) is 0 Å². The molecule has 2 N–H and O–H groups in total. The Bertz CT molecular complexity index is 488. The number of hydrogen-bond acceptors (Lipinski definition) is 3. The molecular formula is C16H23N3O. The minimum atomic E-state index is 0.0476. The lowest BCUT2D eigenvalue weighted by atomic mass is 9.97. The van der Waals surface area contributed by atoms with Gasteiger partial charge >= 0.3 is 0 Å². The number of benzene rings is 1. The van der Waals surface area contributed by atoms with Gasteiger partial charge in [0.15, 0.2) is 0 Å². The number of para-hydroxylation sites is 1. The molecule has 0 aromatic heterocycles. The van der Waals surface area contributed by atoms with Gasteiger partial charge in [0.1, 0.15) is 0 Å². The van der Waals surface area contributed by atoms with Crippen molar-refractivity contribution in [1.82, 2.24) is 10.2 Å². The zero-order valence-electron chi connectivity index (χ0n) is 12.1. The van der Waals surface area contributed by atoms with E-state index >= 15 is 0 Å². The summed E-state index contributed by atoms with van der Waals surface area (Å²) in [5.74, 6) is 0.0476. The first-order valence-corrected chi connectivity index (χ1v) is 7.59. The first-order chi connectivity index (χ1) is 9.78. The third kappa shape index (κ3) is 2.66. The van der Waals surface area contributed by atoms with Crippen molar-refractivity contribution in [3.8, 4) is 0 Å². The van der Waals surface area contributed by atoms with Gasteiger partial charge in [-0.05, 0) is 44.4 Å². The number of carbonyl (C=O) groups excluding carboxylic acids is 1. The molecule has 2 heterocycles. The van der Waals surface area contributed by atoms with Crippen LogP contribution in [0.5, 0.6) is 0 Å². The van der Waals surface area contributed by atoms with E-state index in [1.165, 1.54) is 19.4 Å². The van der Waals surface area contributed by atoms with Crippen LogP contribution < -0.4 is 10.6 Å². The lowest BCUT2D eigenvalue weighted by Gasteiger charge is -2.35. The molecule has 0 saturated carbocycles. The largest absolute Gasteiger partial charge is 0.387 e. The molecule has 108 valence electrons. The number of anilines is 1. The number of piperidine rings is 1. The van der Waals surface area contributed by atoms with Gasteiger partial charge in [-0.1, -0.05) is 12.1 Å². The first kappa shape index (κ1) is 13.4. The minimum Gasteiger partial charge on any atom is -0.387 e. The molecule has 1 aromatic rings. The fourth-order valence-corrected chi connectivity index (χ4v) is 3.52. The van der Waals surface area contributed by atoms with Crippen molar-refractivity contribution in [3.63, 3.8) is 0 Å². The van der Waals surface area contributed by atoms with Crippen LogP contribution in [0.25, 0.3) is 0 Å². The standard InChI is InChI=1S/C16H23N3O/c1-17-15-7-3-2-6-14(15)16(20)18-12-8-10-19-9-4-5-13(19)11-12/h2-3,6-7,12-13,17H,4-5,8-11H2,1H3,(H,18,20). The molecule has 20 heavy (non-hydrogen) atoms. The van der Waals surface area contributed by atoms with E-state index in [1.54, 1.807) is 0 Å². The highest BCUT2D eigenvalue weighted by atomic mass is 16.1. The van der Waals surface area contributed by atoms with Crippen LogP contribution in [-0.4, -0.2) is 43.0 Å². The summed E-state index contributed by atoms with van der Waals surface area (Å²) in [5, 5.41) is 6.30. The molecule has 2 aliphatic rings. The second-order valence-electron chi connectivity index (χ2n) is 5.82. The summed E-state index contributed by atoms with van der Waals surface area (Å²) in [6.45, 7) is 2.37. The van der Waals surface area contributed by atoms with Crippen molar-refractivity contribution in [3.05, 3.63) is 29.8 Å². The van der Waals surface area contributed by atoms with Crippen molar-refractivity contribution < 1.29 is 4.79 Å². The normalized spacial score (nSPS) is 26.1. The molecule has 0 aliphatic carbocycles. The maximum absolute atomic E-state index is 12.4. The predicted octanol–water partition coefficient (Wildman–Crippen LogP) is 2.08. The van der Waals surface area contributed by atoms with E-state index in [9.17, 15) is 4.79 Å². The van der Waals surface area contributed by atoms with Crippen LogP contribution in [0.15, 0.2) is 24.3 Å². The monoisotopic (exact) mass is 273 g/mol. The molecule has 2 fully saturated rings. The van der Waals surface area contributed by atoms with Gasteiger partial charge in [-0.2, -0.15) is 0 Å². The molecular weight excluding hydrogens is 250 g/mol. The molecule has 0 spiro atoms. The summed E-state index contributed by atoms with van der Waals surface area (Å²) in [4.78, 5) is 15.0. The van der Waals surface area contributed by atoms with Crippen molar-refractivity contribution in [2.75, 3.05) is 25.5 Å². The van der Waals surface area contributed by atoms with Crippen molar-refractivity contribution in [2.45, 2.75) is 37.8 Å². The molecule has 4 nitrogen and oxygen atoms in total. The molecule has 3 rings (SSSR count). The molecule has 2 atom stereocenters. The summed E-state index contributed by atoms with van der Waals surface area (Å²) in [7, 11) is 1.85. The zero-order chi connectivity index (χ0) is 13.9. The van der Waals surface area contributed by atoms with E-state index in [-0.39, 0.29) is 5.91 Å². The maximum Gasteiger partial charge on any atom is 0.253 e. The topological polar surface area (TPSA) is 44.4 Å². The van der Waals surface area contributed by atoms with Crippen molar-refractivity contribution in [2.24, 2.45) is 0 Å². The number of nitrogens with one attached hydrogen (secondary N) is 2. The SMILES string of the molecule is CNc1ccccc1C(=O)NC1CCN2CCCC2C1. The molecule has 0 radical (unpaired) electrons. The fraction of sp³-hybridized carbons (Fsp3) is 0.562. The van der Waals surface area contributed by atoms with Gasteiger partial charge in [0.25, 0.3) is 5.91 Å². The third-order valence-electron chi connectivity index (χ3n) is 4.60. The molecule has 2 aliphatic heterocycles. The Morgan fingerprint density at radius 1 is 1.25 bits per heavy atom. The summed E-state index contributed by atoms with van der Waals surface area (Å²) < 4.78 is 0. The van der Waals surface area contributed by atoms with Gasteiger partial charge in [0.2, 0.25) is 0 Å². The lowest BCUT2D eigenvalue weighted by molar-refractivity contribution is 0.0897. The highest BCUT2D eigenvalue weighted by Gasteiger charge is 2.32. The summed E-state index contributed by atoms with van der Waals surface area (Å²) in [5.41, 5.74) is 1.63. The number of amides is 1. The quantitative estimate of drug-likeness (QED) is 0.886. The van der Waals surface area contributed by atoms with Crippen LogP contribution in [0.1, 0.15) is 36.0 Å². The molecule has 1 amide bonds. The first-order valence-electron chi connectivity index (χ1n) is 7.59. The Morgan fingerprint density at radius 2 is 2.10 bits per heavy atom. The summed E-state index contributed by atoms with van der Waals surface area (Å²) >= 11 is 0. The van der Waals surface area contributed by atoms with Crippen LogP contribution >= 0.6 is 0 Å². The maximum atomic E-state index is 12.4. The average molecular weight is 273 g/mol. The molecule has 2 saturated heterocycles. The zero-order valence-corrected chi connectivity index (χ0v) is 12.1. The van der Waals surface area contributed by atoms with Gasteiger partial charge in [0, 0.05) is 31.4 Å². The van der Waals surface area contributed by atoms with Crippen molar-refractivity contribution in [1.29, 1.82) is 0 Å². The summed E-state index contributed by atoms with van der Waals surface area (Å²) in [6.07, 6.45) is 4.78. The van der Waals surface area contributed by atoms with Gasteiger partial charge < -0.3 is 15.5 Å². The average Bonchev–Trinajstić information content (AvgIpc) is 2.94. The fourth-order valence-electron chi connectivity index (χ4n) is 3.52. The van der Waals surface area contributed by atoms with E-state index in [4.69, 9.17) is 0 Å². The van der Waals surface area contributed by atoms with Crippen LogP contribution in [0.4, 0.5) is 5.69 Å². The van der Waals surface area contributed by atoms with E-state index in [1.807, 2.05) is 31.3 Å². The second-order valence-corrected chi connectivity index (χ2v) is 5.82. The molecule has 4 heteroatoms. The number of rotatable bonds is 3. The van der Waals surface area contributed by atoms with Crippen LogP contribution in [0.3, 0.4) is 0 Å². The Kier molecular flexibility index (Phi) is 3.92.